The SMILES string of the molecule is C=C1O[C@H](CCCCCCCC)C(C(=O)O)C1=C. The van der Waals surface area contributed by atoms with Gasteiger partial charge in [0.05, 0.1) is 0 Å². The van der Waals surface area contributed by atoms with Crippen molar-refractivity contribution in [2.24, 2.45) is 5.92 Å². The van der Waals surface area contributed by atoms with E-state index in [4.69, 9.17) is 9.84 Å². The van der Waals surface area contributed by atoms with Crippen LogP contribution < -0.4 is 0 Å². The largest absolute Gasteiger partial charge is 0.490 e. The fourth-order valence-electron chi connectivity index (χ4n) is 2.38. The number of unbranched alkanes of at least 4 members (excludes halogenated alkanes) is 5. The van der Waals surface area contributed by atoms with Crippen molar-refractivity contribution >= 4 is 5.97 Å². The summed E-state index contributed by atoms with van der Waals surface area (Å²) in [6.45, 7) is 9.65. The van der Waals surface area contributed by atoms with Gasteiger partial charge in [0, 0.05) is 5.57 Å². The summed E-state index contributed by atoms with van der Waals surface area (Å²) < 4.78 is 5.50. The summed E-state index contributed by atoms with van der Waals surface area (Å²) in [5, 5.41) is 9.16. The first kappa shape index (κ1) is 14.8. The van der Waals surface area contributed by atoms with Crippen LogP contribution in [0, 0.1) is 5.92 Å². The molecule has 1 rings (SSSR count). The molecular weight excluding hydrogens is 228 g/mol. The highest BCUT2D eigenvalue weighted by Crippen LogP contribution is 2.35. The van der Waals surface area contributed by atoms with Crippen LogP contribution in [0.2, 0.25) is 0 Å². The number of hydrogen-bond acceptors (Lipinski definition) is 2. The summed E-state index contributed by atoms with van der Waals surface area (Å²) in [5.74, 6) is -1.01. The molecule has 1 aliphatic rings. The van der Waals surface area contributed by atoms with E-state index in [0.29, 0.717) is 11.3 Å². The highest BCUT2D eigenvalue weighted by Gasteiger charge is 2.39. The van der Waals surface area contributed by atoms with Gasteiger partial charge in [0.25, 0.3) is 0 Å². The van der Waals surface area contributed by atoms with Crippen molar-refractivity contribution in [3.63, 3.8) is 0 Å². The van der Waals surface area contributed by atoms with Crippen molar-refractivity contribution < 1.29 is 14.6 Å². The molecule has 0 bridgehead atoms. The lowest BCUT2D eigenvalue weighted by Crippen LogP contribution is -2.24. The molecule has 0 aromatic rings. The smallest absolute Gasteiger partial charge is 0.314 e. The molecule has 3 nitrogen and oxygen atoms in total. The Morgan fingerprint density at radius 3 is 2.44 bits per heavy atom. The highest BCUT2D eigenvalue weighted by atomic mass is 16.5. The zero-order chi connectivity index (χ0) is 13.5. The van der Waals surface area contributed by atoms with Crippen LogP contribution in [0.1, 0.15) is 51.9 Å². The van der Waals surface area contributed by atoms with E-state index in [9.17, 15) is 4.79 Å². The topological polar surface area (TPSA) is 46.5 Å². The van der Waals surface area contributed by atoms with Gasteiger partial charge in [0.2, 0.25) is 0 Å². The average Bonchev–Trinajstić information content (AvgIpc) is 2.59. The lowest BCUT2D eigenvalue weighted by Gasteiger charge is -2.14. The molecule has 1 unspecified atom stereocenters. The number of carboxylic acid groups (broad SMARTS) is 1. The third-order valence-electron chi connectivity index (χ3n) is 3.51. The molecule has 0 aromatic heterocycles. The molecule has 0 saturated carbocycles. The van der Waals surface area contributed by atoms with Gasteiger partial charge >= 0.3 is 5.97 Å². The number of hydrogen-bond donors (Lipinski definition) is 1. The Balaban J connectivity index is 2.30. The van der Waals surface area contributed by atoms with Crippen molar-refractivity contribution in [2.45, 2.75) is 58.0 Å². The molecule has 0 aliphatic carbocycles. The van der Waals surface area contributed by atoms with Crippen molar-refractivity contribution in [2.75, 3.05) is 0 Å². The summed E-state index contributed by atoms with van der Waals surface area (Å²) in [4.78, 5) is 11.2. The Morgan fingerprint density at radius 2 is 1.83 bits per heavy atom. The number of rotatable bonds is 8. The third-order valence-corrected chi connectivity index (χ3v) is 3.51. The minimum Gasteiger partial charge on any atom is -0.490 e. The monoisotopic (exact) mass is 252 g/mol. The number of allylic oxidation sites excluding steroid dienone is 1. The number of carboxylic acids is 1. The van der Waals surface area contributed by atoms with Crippen LogP contribution in [0.3, 0.4) is 0 Å². The van der Waals surface area contributed by atoms with Crippen LogP contribution in [0.4, 0.5) is 0 Å². The molecule has 18 heavy (non-hydrogen) atoms. The Bertz CT molecular complexity index is 320. The molecule has 0 amide bonds. The van der Waals surface area contributed by atoms with Gasteiger partial charge in [0.1, 0.15) is 17.8 Å². The van der Waals surface area contributed by atoms with E-state index < -0.39 is 11.9 Å². The van der Waals surface area contributed by atoms with Crippen LogP contribution in [-0.2, 0) is 9.53 Å². The number of aliphatic carboxylic acids is 1. The van der Waals surface area contributed by atoms with Gasteiger partial charge in [-0.2, -0.15) is 0 Å². The minimum absolute atomic E-state index is 0.270. The summed E-state index contributed by atoms with van der Waals surface area (Å²) in [6.07, 6.45) is 7.68. The fraction of sp³-hybridized carbons (Fsp3) is 0.667. The van der Waals surface area contributed by atoms with Crippen LogP contribution in [0.25, 0.3) is 0 Å². The molecule has 0 spiro atoms. The van der Waals surface area contributed by atoms with E-state index in [1.807, 2.05) is 0 Å². The molecule has 2 atom stereocenters. The van der Waals surface area contributed by atoms with Crippen molar-refractivity contribution in [1.29, 1.82) is 0 Å². The van der Waals surface area contributed by atoms with Crippen LogP contribution in [0.15, 0.2) is 24.5 Å². The standard InChI is InChI=1S/C15H24O3/c1-4-5-6-7-8-9-10-13-14(15(16)17)11(2)12(3)18-13/h13-14H,2-10H2,1H3,(H,16,17)/t13-,14?/m1/s1. The zero-order valence-corrected chi connectivity index (χ0v) is 11.3. The minimum atomic E-state index is -0.852. The lowest BCUT2D eigenvalue weighted by atomic mass is 9.93. The Labute approximate surface area is 110 Å². The van der Waals surface area contributed by atoms with E-state index >= 15 is 0 Å². The van der Waals surface area contributed by atoms with Gasteiger partial charge in [-0.05, 0) is 12.8 Å². The molecule has 1 heterocycles. The molecule has 0 aromatic carbocycles. The zero-order valence-electron chi connectivity index (χ0n) is 11.3. The van der Waals surface area contributed by atoms with Crippen molar-refractivity contribution in [3.05, 3.63) is 24.5 Å². The lowest BCUT2D eigenvalue weighted by molar-refractivity contribution is -0.142. The Kier molecular flexibility index (Phi) is 5.96. The quantitative estimate of drug-likeness (QED) is 0.666. The molecule has 1 aliphatic heterocycles. The van der Waals surface area contributed by atoms with Gasteiger partial charge in [0.15, 0.2) is 0 Å². The van der Waals surface area contributed by atoms with Crippen molar-refractivity contribution in [1.82, 2.24) is 0 Å². The van der Waals surface area contributed by atoms with E-state index in [0.717, 1.165) is 19.3 Å². The maximum atomic E-state index is 11.2. The molecule has 0 radical (unpaired) electrons. The fourth-order valence-corrected chi connectivity index (χ4v) is 2.38. The molecule has 1 fully saturated rings. The first-order chi connectivity index (χ1) is 8.57. The van der Waals surface area contributed by atoms with Crippen LogP contribution in [-0.4, -0.2) is 17.2 Å². The number of carbonyl (C=O) groups is 1. The van der Waals surface area contributed by atoms with E-state index in [1.54, 1.807) is 0 Å². The molecule has 1 N–H and O–H groups in total. The first-order valence-corrected chi connectivity index (χ1v) is 6.85. The third kappa shape index (κ3) is 3.90. The summed E-state index contributed by atoms with van der Waals surface area (Å²) >= 11 is 0. The number of ether oxygens (including phenoxy) is 1. The summed E-state index contributed by atoms with van der Waals surface area (Å²) in [7, 11) is 0. The highest BCUT2D eigenvalue weighted by molar-refractivity contribution is 5.76. The Morgan fingerprint density at radius 1 is 1.22 bits per heavy atom. The van der Waals surface area contributed by atoms with Gasteiger partial charge in [-0.3, -0.25) is 4.79 Å². The predicted octanol–water partition coefficient (Wildman–Crippen LogP) is 3.91. The predicted molar refractivity (Wildman–Crippen MR) is 72.3 cm³/mol. The van der Waals surface area contributed by atoms with Crippen LogP contribution in [0.5, 0.6) is 0 Å². The molecule has 1 saturated heterocycles. The van der Waals surface area contributed by atoms with Crippen molar-refractivity contribution in [3.8, 4) is 0 Å². The second-order valence-electron chi connectivity index (χ2n) is 4.98. The Hall–Kier alpha value is -1.25. The maximum absolute atomic E-state index is 11.2. The summed E-state index contributed by atoms with van der Waals surface area (Å²) in [6, 6.07) is 0. The molecular formula is C15H24O3. The van der Waals surface area contributed by atoms with Crippen LogP contribution >= 0.6 is 0 Å². The summed E-state index contributed by atoms with van der Waals surface area (Å²) in [5.41, 5.74) is 0.526. The van der Waals surface area contributed by atoms with Gasteiger partial charge in [-0.25, -0.2) is 0 Å². The normalized spacial score (nSPS) is 23.2. The van der Waals surface area contributed by atoms with E-state index in [-0.39, 0.29) is 6.10 Å². The maximum Gasteiger partial charge on any atom is 0.314 e. The molecule has 102 valence electrons. The van der Waals surface area contributed by atoms with Gasteiger partial charge in [-0.1, -0.05) is 52.2 Å². The average molecular weight is 252 g/mol. The van der Waals surface area contributed by atoms with E-state index in [2.05, 4.69) is 20.1 Å². The second kappa shape index (κ2) is 7.24. The van der Waals surface area contributed by atoms with E-state index in [1.165, 1.54) is 25.7 Å². The molecule has 3 heteroatoms. The second-order valence-corrected chi connectivity index (χ2v) is 4.98. The van der Waals surface area contributed by atoms with Gasteiger partial charge < -0.3 is 9.84 Å². The first-order valence-electron chi connectivity index (χ1n) is 6.85. The van der Waals surface area contributed by atoms with Gasteiger partial charge in [-0.15, -0.1) is 0 Å².